The Balaban J connectivity index is 0.00000308. The molecule has 0 bridgehead atoms. The molecule has 9 nitrogen and oxygen atoms in total. The van der Waals surface area contributed by atoms with Crippen LogP contribution in [0.3, 0.4) is 0 Å². The van der Waals surface area contributed by atoms with E-state index in [-0.39, 0.29) is 31.0 Å². The number of halogens is 1. The van der Waals surface area contributed by atoms with Gasteiger partial charge in [0, 0.05) is 24.6 Å². The second-order valence-corrected chi connectivity index (χ2v) is 11.4. The topological polar surface area (TPSA) is 136 Å². The van der Waals surface area contributed by atoms with E-state index in [1.807, 2.05) is 56.4 Å². The van der Waals surface area contributed by atoms with Crippen LogP contribution in [0.5, 0.6) is 0 Å². The Labute approximate surface area is 237 Å². The summed E-state index contributed by atoms with van der Waals surface area (Å²) in [5, 5.41) is 38.5. The van der Waals surface area contributed by atoms with Crippen LogP contribution in [0.1, 0.15) is 55.1 Å². The molecule has 3 aromatic heterocycles. The van der Waals surface area contributed by atoms with Gasteiger partial charge in [-0.1, -0.05) is 30.3 Å². The molecule has 0 unspecified atom stereocenters. The maximum absolute atomic E-state index is 10.7. The number of nitrogens with one attached hydrogen (secondary N) is 2. The summed E-state index contributed by atoms with van der Waals surface area (Å²) in [6, 6.07) is 11.5. The van der Waals surface area contributed by atoms with Gasteiger partial charge >= 0.3 is 0 Å². The molecular weight excluding hydrogens is 536 g/mol. The highest BCUT2D eigenvalue weighted by molar-refractivity contribution is 7.21. The van der Waals surface area contributed by atoms with Gasteiger partial charge in [0.25, 0.3) is 0 Å². The fraction of sp³-hybridized carbons (Fsp3) is 0.429. The molecular formula is C28H33ClN6O3S. The van der Waals surface area contributed by atoms with E-state index in [1.54, 1.807) is 11.3 Å². The maximum atomic E-state index is 10.7. The van der Waals surface area contributed by atoms with Gasteiger partial charge in [-0.2, -0.15) is 4.98 Å². The number of aliphatic hydroxyl groups excluding tert-OH is 3. The zero-order valence-corrected chi connectivity index (χ0v) is 23.4. The van der Waals surface area contributed by atoms with Gasteiger partial charge in [-0.05, 0) is 44.7 Å². The van der Waals surface area contributed by atoms with Gasteiger partial charge in [0.15, 0.2) is 0 Å². The van der Waals surface area contributed by atoms with Gasteiger partial charge in [-0.15, -0.1) is 23.7 Å². The molecule has 2 aliphatic rings. The van der Waals surface area contributed by atoms with Crippen molar-refractivity contribution < 1.29 is 15.3 Å². The lowest BCUT2D eigenvalue weighted by molar-refractivity contribution is 0.0390. The summed E-state index contributed by atoms with van der Waals surface area (Å²) in [4.78, 5) is 19.3. The third-order valence-electron chi connectivity index (χ3n) is 7.60. The van der Waals surface area contributed by atoms with E-state index in [0.29, 0.717) is 24.1 Å². The number of fused-ring (bicyclic) bond motifs is 1. The second-order valence-electron chi connectivity index (χ2n) is 10.4. The number of benzene rings is 1. The quantitative estimate of drug-likeness (QED) is 0.209. The Morgan fingerprint density at radius 3 is 2.56 bits per heavy atom. The van der Waals surface area contributed by atoms with Gasteiger partial charge in [0.2, 0.25) is 5.95 Å². The molecule has 1 aromatic carbocycles. The van der Waals surface area contributed by atoms with Crippen LogP contribution >= 0.6 is 23.7 Å². The smallest absolute Gasteiger partial charge is 0.225 e. The highest BCUT2D eigenvalue weighted by Gasteiger charge is 2.42. The van der Waals surface area contributed by atoms with Crippen LogP contribution in [-0.4, -0.2) is 60.1 Å². The van der Waals surface area contributed by atoms with Crippen LogP contribution in [0, 0.1) is 12.8 Å². The summed E-state index contributed by atoms with van der Waals surface area (Å²) in [5.74, 6) is 1.11. The van der Waals surface area contributed by atoms with Crippen molar-refractivity contribution in [2.24, 2.45) is 5.92 Å². The fourth-order valence-electron chi connectivity index (χ4n) is 5.32. The summed E-state index contributed by atoms with van der Waals surface area (Å²) in [6.45, 7) is 3.82. The first-order valence-electron chi connectivity index (χ1n) is 13.1. The molecule has 0 aliphatic heterocycles. The summed E-state index contributed by atoms with van der Waals surface area (Å²) in [5.41, 5.74) is 4.55. The molecule has 0 radical (unpaired) electrons. The normalized spacial score (nSPS) is 23.4. The minimum atomic E-state index is -1.03. The number of aromatic nitrogens is 4. The van der Waals surface area contributed by atoms with Crippen LogP contribution in [0.15, 0.2) is 42.6 Å². The van der Waals surface area contributed by atoms with E-state index < -0.39 is 18.2 Å². The fourth-order valence-corrected chi connectivity index (χ4v) is 6.38. The van der Waals surface area contributed by atoms with Gasteiger partial charge in [0.1, 0.15) is 22.4 Å². The van der Waals surface area contributed by atoms with Gasteiger partial charge < -0.3 is 26.0 Å². The van der Waals surface area contributed by atoms with Gasteiger partial charge in [-0.3, -0.25) is 4.98 Å². The Morgan fingerprint density at radius 1 is 1.08 bits per heavy atom. The third kappa shape index (κ3) is 5.44. The molecule has 206 valence electrons. The van der Waals surface area contributed by atoms with E-state index in [2.05, 4.69) is 15.6 Å². The van der Waals surface area contributed by atoms with Crippen LogP contribution in [0.2, 0.25) is 0 Å². The summed E-state index contributed by atoms with van der Waals surface area (Å²) >= 11 is 1.57. The average Bonchev–Trinajstić information content (AvgIpc) is 3.62. The largest absolute Gasteiger partial charge is 0.396 e. The number of rotatable bonds is 8. The highest BCUT2D eigenvalue weighted by Crippen LogP contribution is 2.44. The van der Waals surface area contributed by atoms with Crippen LogP contribution in [0.25, 0.3) is 20.8 Å². The van der Waals surface area contributed by atoms with Crippen molar-refractivity contribution in [3.63, 3.8) is 0 Å². The monoisotopic (exact) mass is 568 g/mol. The maximum Gasteiger partial charge on any atom is 0.225 e. The molecule has 39 heavy (non-hydrogen) atoms. The standard InChI is InChI=1S/C28H32N6O3S.ClH/c1-14(16-6-4-3-5-7-16)30-28-31-15(2)21(26(34-28)32-23-18(13-35)12-19(36)25(23)37)27-33-24-20(38-27)10-11-29-22(24)17-8-9-17;/h3-7,10-11,14,17-19,23,25,35-37H,8-9,12-13H2,1-2H3,(H2,30,31,32,34);1H/t14-,18+,19-,23-,25-;/m1./s1. The Morgan fingerprint density at radius 2 is 1.85 bits per heavy atom. The van der Waals surface area contributed by atoms with E-state index in [0.717, 1.165) is 50.6 Å². The number of anilines is 2. The van der Waals surface area contributed by atoms with Gasteiger partial charge in [-0.25, -0.2) is 9.97 Å². The molecule has 6 rings (SSSR count). The molecule has 3 heterocycles. The lowest BCUT2D eigenvalue weighted by atomic mass is 10.0. The third-order valence-corrected chi connectivity index (χ3v) is 8.64. The minimum absolute atomic E-state index is 0. The SMILES string of the molecule is Cc1nc(N[C@H](C)c2ccccc2)nc(N[C@@H]2[C@H](CO)C[C@@H](O)[C@H]2O)c1-c1nc2c(C3CC3)nccc2s1.Cl. The molecule has 0 saturated heterocycles. The van der Waals surface area contributed by atoms with Crippen molar-refractivity contribution in [1.82, 2.24) is 19.9 Å². The second kappa shape index (κ2) is 11.3. The summed E-state index contributed by atoms with van der Waals surface area (Å²) < 4.78 is 1.06. The highest BCUT2D eigenvalue weighted by atomic mass is 35.5. The van der Waals surface area contributed by atoms with Crippen molar-refractivity contribution in [3.8, 4) is 10.6 Å². The van der Waals surface area contributed by atoms with E-state index in [9.17, 15) is 15.3 Å². The Hall–Kier alpha value is -2.89. The van der Waals surface area contributed by atoms with Crippen LogP contribution in [-0.2, 0) is 0 Å². The first kappa shape index (κ1) is 27.7. The predicted octanol–water partition coefficient (Wildman–Crippen LogP) is 4.44. The van der Waals surface area contributed by atoms with Crippen molar-refractivity contribution in [3.05, 3.63) is 59.5 Å². The number of thiazole rings is 1. The van der Waals surface area contributed by atoms with E-state index in [1.165, 1.54) is 0 Å². The number of aliphatic hydroxyl groups is 3. The number of pyridine rings is 1. The molecule has 4 aromatic rings. The van der Waals surface area contributed by atoms with Crippen molar-refractivity contribution in [2.75, 3.05) is 17.2 Å². The molecule has 0 spiro atoms. The van der Waals surface area contributed by atoms with Crippen LogP contribution < -0.4 is 10.6 Å². The molecule has 2 aliphatic carbocycles. The minimum Gasteiger partial charge on any atom is -0.396 e. The average molecular weight is 569 g/mol. The number of hydrogen-bond donors (Lipinski definition) is 5. The van der Waals surface area contributed by atoms with Crippen molar-refractivity contribution >= 4 is 45.7 Å². The molecule has 2 saturated carbocycles. The predicted molar refractivity (Wildman–Crippen MR) is 155 cm³/mol. The van der Waals surface area contributed by atoms with E-state index >= 15 is 0 Å². The first-order chi connectivity index (χ1) is 18.4. The number of aryl methyl sites for hydroxylation is 1. The molecule has 5 N–H and O–H groups in total. The summed E-state index contributed by atoms with van der Waals surface area (Å²) in [7, 11) is 0. The summed E-state index contributed by atoms with van der Waals surface area (Å²) in [6.07, 6.45) is 2.48. The lowest BCUT2D eigenvalue weighted by Crippen LogP contribution is -2.38. The zero-order chi connectivity index (χ0) is 26.4. The van der Waals surface area contributed by atoms with E-state index in [4.69, 9.17) is 15.0 Å². The lowest BCUT2D eigenvalue weighted by Gasteiger charge is -2.25. The molecule has 5 atom stereocenters. The zero-order valence-electron chi connectivity index (χ0n) is 21.8. The van der Waals surface area contributed by atoms with Crippen molar-refractivity contribution in [1.29, 1.82) is 0 Å². The molecule has 0 amide bonds. The van der Waals surface area contributed by atoms with Crippen LogP contribution in [0.4, 0.5) is 11.8 Å². The molecule has 11 heteroatoms. The first-order valence-corrected chi connectivity index (χ1v) is 13.9. The Bertz CT molecular complexity index is 1450. The molecule has 2 fully saturated rings. The number of nitrogens with zero attached hydrogens (tertiary/aromatic N) is 4. The van der Waals surface area contributed by atoms with Crippen molar-refractivity contribution in [2.45, 2.75) is 63.3 Å². The Kier molecular flexibility index (Phi) is 8.02. The van der Waals surface area contributed by atoms with Gasteiger partial charge in [0.05, 0.1) is 39.8 Å². The number of hydrogen-bond acceptors (Lipinski definition) is 10.